The first-order valence-electron chi connectivity index (χ1n) is 9.55. The van der Waals surface area contributed by atoms with E-state index in [1.165, 1.54) is 12.0 Å². The fourth-order valence-electron chi connectivity index (χ4n) is 4.24. The highest BCUT2D eigenvalue weighted by Gasteiger charge is 2.36. The van der Waals surface area contributed by atoms with Crippen molar-refractivity contribution >= 4 is 11.7 Å². The average Bonchev–Trinajstić information content (AvgIpc) is 3.26. The Hall–Kier alpha value is -2.44. The van der Waals surface area contributed by atoms with Crippen LogP contribution in [0.1, 0.15) is 52.3 Å². The molecule has 2 aromatic heterocycles. The lowest BCUT2D eigenvalue weighted by molar-refractivity contribution is 0.0661. The van der Waals surface area contributed by atoms with Gasteiger partial charge in [-0.3, -0.25) is 4.79 Å². The molecule has 0 N–H and O–H groups in total. The Morgan fingerprint density at radius 1 is 1.12 bits per heavy atom. The highest BCUT2D eigenvalue weighted by atomic mass is 16.5. The van der Waals surface area contributed by atoms with Gasteiger partial charge in [-0.2, -0.15) is 5.10 Å². The van der Waals surface area contributed by atoms with Gasteiger partial charge in [-0.05, 0) is 56.6 Å². The van der Waals surface area contributed by atoms with E-state index in [9.17, 15) is 4.79 Å². The van der Waals surface area contributed by atoms with Gasteiger partial charge in [-0.1, -0.05) is 5.16 Å². The minimum Gasteiger partial charge on any atom is -0.351 e. The Kier molecular flexibility index (Phi) is 3.69. The zero-order valence-electron chi connectivity index (χ0n) is 15.1. The molecule has 0 unspecified atom stereocenters. The lowest BCUT2D eigenvalue weighted by Gasteiger charge is -2.44. The van der Waals surface area contributed by atoms with Gasteiger partial charge in [0.2, 0.25) is 5.76 Å². The predicted octanol–water partition coefficient (Wildman–Crippen LogP) is 1.79. The van der Waals surface area contributed by atoms with E-state index in [2.05, 4.69) is 26.3 Å². The number of aromatic nitrogens is 3. The molecule has 3 aliphatic rings. The van der Waals surface area contributed by atoms with Crippen molar-refractivity contribution in [3.63, 3.8) is 0 Å². The summed E-state index contributed by atoms with van der Waals surface area (Å²) in [6.07, 6.45) is 7.37. The minimum atomic E-state index is -0.0506. The van der Waals surface area contributed by atoms with Crippen molar-refractivity contribution in [3.8, 4) is 0 Å². The fraction of sp³-hybridized carbons (Fsp3) is 0.579. The molecule has 1 aliphatic heterocycles. The molecule has 2 aliphatic carbocycles. The van der Waals surface area contributed by atoms with Crippen LogP contribution in [0.2, 0.25) is 0 Å². The standard InChI is InChI=1S/C19H23N5O2/c1-23(19(25)18-14-6-2-3-7-16(14)22-26-18)13-10-24(11-13)17-9-12-5-4-8-15(12)20-21-17/h9,13H,2-8,10-11H2,1H3. The van der Waals surface area contributed by atoms with E-state index in [-0.39, 0.29) is 11.9 Å². The van der Waals surface area contributed by atoms with Gasteiger partial charge in [0, 0.05) is 25.7 Å². The molecule has 7 nitrogen and oxygen atoms in total. The van der Waals surface area contributed by atoms with Gasteiger partial charge >= 0.3 is 0 Å². The molecule has 26 heavy (non-hydrogen) atoms. The van der Waals surface area contributed by atoms with Crippen molar-refractivity contribution in [1.29, 1.82) is 0 Å². The molecule has 1 saturated heterocycles. The quantitative estimate of drug-likeness (QED) is 0.837. The number of fused-ring (bicyclic) bond motifs is 2. The van der Waals surface area contributed by atoms with Crippen LogP contribution in [0.3, 0.4) is 0 Å². The molecule has 0 saturated carbocycles. The summed E-state index contributed by atoms with van der Waals surface area (Å²) < 4.78 is 5.40. The molecular weight excluding hydrogens is 330 g/mol. The number of carbonyl (C=O) groups is 1. The van der Waals surface area contributed by atoms with Crippen LogP contribution in [-0.2, 0) is 25.7 Å². The summed E-state index contributed by atoms with van der Waals surface area (Å²) in [4.78, 5) is 16.8. The van der Waals surface area contributed by atoms with E-state index < -0.39 is 0 Å². The molecule has 3 heterocycles. The van der Waals surface area contributed by atoms with Gasteiger partial charge in [0.1, 0.15) is 0 Å². The van der Waals surface area contributed by atoms with Crippen LogP contribution in [0.25, 0.3) is 0 Å². The van der Waals surface area contributed by atoms with Crippen LogP contribution in [0.4, 0.5) is 5.82 Å². The third-order valence-electron chi connectivity index (χ3n) is 6.02. The number of likely N-dealkylation sites (N-methyl/N-ethyl adjacent to an activating group) is 1. The number of amides is 1. The van der Waals surface area contributed by atoms with Gasteiger partial charge in [0.15, 0.2) is 5.82 Å². The first kappa shape index (κ1) is 15.8. The number of aryl methyl sites for hydroxylation is 3. The molecule has 136 valence electrons. The second-order valence-electron chi connectivity index (χ2n) is 7.65. The molecule has 5 rings (SSSR count). The number of rotatable bonds is 3. The molecule has 1 amide bonds. The molecule has 0 aromatic carbocycles. The lowest BCUT2D eigenvalue weighted by atomic mass is 9.95. The zero-order valence-corrected chi connectivity index (χ0v) is 15.1. The van der Waals surface area contributed by atoms with Crippen LogP contribution in [0.5, 0.6) is 0 Å². The second kappa shape index (κ2) is 6.07. The molecule has 7 heteroatoms. The first-order chi connectivity index (χ1) is 12.7. The number of nitrogens with zero attached hydrogens (tertiary/aromatic N) is 5. The molecule has 2 aromatic rings. The monoisotopic (exact) mass is 353 g/mol. The van der Waals surface area contributed by atoms with Crippen molar-refractivity contribution in [2.75, 3.05) is 25.0 Å². The summed E-state index contributed by atoms with van der Waals surface area (Å²) in [5.41, 5.74) is 4.47. The van der Waals surface area contributed by atoms with E-state index in [1.54, 1.807) is 4.90 Å². The van der Waals surface area contributed by atoms with Crippen LogP contribution in [0.15, 0.2) is 10.6 Å². The molecular formula is C19H23N5O2. The average molecular weight is 353 g/mol. The van der Waals surface area contributed by atoms with Crippen molar-refractivity contribution in [3.05, 3.63) is 34.3 Å². The second-order valence-corrected chi connectivity index (χ2v) is 7.65. The van der Waals surface area contributed by atoms with E-state index in [4.69, 9.17) is 4.52 Å². The maximum Gasteiger partial charge on any atom is 0.292 e. The van der Waals surface area contributed by atoms with E-state index in [0.29, 0.717) is 5.76 Å². The van der Waals surface area contributed by atoms with Crippen LogP contribution >= 0.6 is 0 Å². The highest BCUT2D eigenvalue weighted by Crippen LogP contribution is 2.28. The van der Waals surface area contributed by atoms with Gasteiger partial charge in [0.05, 0.1) is 17.4 Å². The highest BCUT2D eigenvalue weighted by molar-refractivity contribution is 5.93. The molecule has 0 bridgehead atoms. The first-order valence-corrected chi connectivity index (χ1v) is 9.55. The maximum atomic E-state index is 12.9. The van der Waals surface area contributed by atoms with Crippen molar-refractivity contribution < 1.29 is 9.32 Å². The number of hydrogen-bond acceptors (Lipinski definition) is 6. The van der Waals surface area contributed by atoms with E-state index >= 15 is 0 Å². The summed E-state index contributed by atoms with van der Waals surface area (Å²) in [5, 5.41) is 12.8. The molecule has 0 atom stereocenters. The number of hydrogen-bond donors (Lipinski definition) is 0. The van der Waals surface area contributed by atoms with E-state index in [0.717, 1.165) is 74.4 Å². The Balaban J connectivity index is 1.26. The Morgan fingerprint density at radius 2 is 1.92 bits per heavy atom. The smallest absolute Gasteiger partial charge is 0.292 e. The number of anilines is 1. The van der Waals surface area contributed by atoms with Gasteiger partial charge in [-0.25, -0.2) is 0 Å². The Bertz CT molecular complexity index is 856. The third-order valence-corrected chi connectivity index (χ3v) is 6.02. The molecule has 1 fully saturated rings. The summed E-state index contributed by atoms with van der Waals surface area (Å²) in [6, 6.07) is 2.34. The van der Waals surface area contributed by atoms with Crippen molar-refractivity contribution in [1.82, 2.24) is 20.3 Å². The molecule has 0 radical (unpaired) electrons. The largest absolute Gasteiger partial charge is 0.351 e. The van der Waals surface area contributed by atoms with Gasteiger partial charge in [-0.15, -0.1) is 5.10 Å². The van der Waals surface area contributed by atoms with Crippen LogP contribution in [-0.4, -0.2) is 52.3 Å². The maximum absolute atomic E-state index is 12.9. The summed E-state index contributed by atoms with van der Waals surface area (Å²) >= 11 is 0. The summed E-state index contributed by atoms with van der Waals surface area (Å²) in [6.45, 7) is 1.57. The SMILES string of the molecule is CN(C(=O)c1onc2c1CCCC2)C1CN(c2cc3c(nn2)CCC3)C1. The number of carbonyl (C=O) groups excluding carboxylic acids is 1. The molecule has 0 spiro atoms. The third kappa shape index (κ3) is 2.48. The van der Waals surface area contributed by atoms with E-state index in [1.807, 2.05) is 7.05 Å². The normalized spacial score (nSPS) is 19.0. The van der Waals surface area contributed by atoms with Crippen LogP contribution < -0.4 is 4.90 Å². The Labute approximate surface area is 152 Å². The zero-order chi connectivity index (χ0) is 17.7. The van der Waals surface area contributed by atoms with Gasteiger partial charge < -0.3 is 14.3 Å². The van der Waals surface area contributed by atoms with Crippen molar-refractivity contribution in [2.45, 2.75) is 51.0 Å². The topological polar surface area (TPSA) is 75.4 Å². The summed E-state index contributed by atoms with van der Waals surface area (Å²) in [5.74, 6) is 1.32. The summed E-state index contributed by atoms with van der Waals surface area (Å²) in [7, 11) is 1.86. The fourth-order valence-corrected chi connectivity index (χ4v) is 4.24. The Morgan fingerprint density at radius 3 is 2.81 bits per heavy atom. The predicted molar refractivity (Wildman–Crippen MR) is 95.3 cm³/mol. The van der Waals surface area contributed by atoms with Gasteiger partial charge in [0.25, 0.3) is 5.91 Å². The van der Waals surface area contributed by atoms with Crippen LogP contribution in [0, 0.1) is 0 Å². The lowest BCUT2D eigenvalue weighted by Crippen LogP contribution is -2.60. The minimum absolute atomic E-state index is 0.0506. The van der Waals surface area contributed by atoms with Crippen molar-refractivity contribution in [2.24, 2.45) is 0 Å².